The van der Waals surface area contributed by atoms with Gasteiger partial charge in [-0.1, -0.05) is 18.7 Å². The lowest BCUT2D eigenvalue weighted by Gasteiger charge is -2.26. The Hall–Kier alpha value is -3.10. The number of hydrogen-bond donors (Lipinski definition) is 0. The number of carbonyl (C=O) groups excluding carboxylic acids is 3. The van der Waals surface area contributed by atoms with Crippen molar-refractivity contribution < 1.29 is 23.9 Å². The van der Waals surface area contributed by atoms with Gasteiger partial charge in [-0.3, -0.25) is 9.48 Å². The van der Waals surface area contributed by atoms with Crippen LogP contribution >= 0.6 is 0 Å². The first-order chi connectivity index (χ1) is 14.8. The number of aromatic nitrogens is 2. The van der Waals surface area contributed by atoms with Crippen LogP contribution in [0.1, 0.15) is 69.7 Å². The van der Waals surface area contributed by atoms with Crippen molar-refractivity contribution in [3.63, 3.8) is 0 Å². The second-order valence-electron chi connectivity index (χ2n) is 9.58. The van der Waals surface area contributed by atoms with E-state index in [0.717, 1.165) is 4.90 Å². The van der Waals surface area contributed by atoms with E-state index in [2.05, 4.69) is 18.3 Å². The maximum atomic E-state index is 13.3. The molecular weight excluding hydrogens is 412 g/mol. The summed E-state index contributed by atoms with van der Waals surface area (Å²) in [5, 5.41) is 4.47. The highest BCUT2D eigenvalue weighted by Gasteiger charge is 2.33. The van der Waals surface area contributed by atoms with Crippen molar-refractivity contribution in [2.24, 2.45) is 0 Å². The summed E-state index contributed by atoms with van der Waals surface area (Å²) in [7, 11) is 0. The van der Waals surface area contributed by atoms with Gasteiger partial charge in [-0.15, -0.1) is 6.58 Å². The first-order valence-corrected chi connectivity index (χ1v) is 10.6. The maximum absolute atomic E-state index is 13.3. The van der Waals surface area contributed by atoms with Gasteiger partial charge in [0.15, 0.2) is 5.69 Å². The van der Waals surface area contributed by atoms with Crippen LogP contribution in [0.2, 0.25) is 0 Å². The van der Waals surface area contributed by atoms with Gasteiger partial charge in [0, 0.05) is 18.7 Å². The molecule has 32 heavy (non-hydrogen) atoms. The van der Waals surface area contributed by atoms with E-state index in [1.54, 1.807) is 30.4 Å². The Kier molecular flexibility index (Phi) is 7.54. The Morgan fingerprint density at radius 3 is 2.22 bits per heavy atom. The molecule has 0 saturated carbocycles. The lowest BCUT2D eigenvalue weighted by molar-refractivity contribution is 0.0232. The standard InChI is InChI=1S/C23H34N4O5/c1-9-12-26(21(30)32-23(6,7)8)19(28)18-16(10-2)17-15-25(13-11-14-27(17)24-18)20(29)31-22(3,4)5/h9-10H,1-2,11-15H2,3-8H3. The number of nitrogens with zero attached hydrogens (tertiary/aromatic N) is 4. The molecule has 0 N–H and O–H groups in total. The van der Waals surface area contributed by atoms with E-state index < -0.39 is 29.3 Å². The molecular formula is C23H34N4O5. The summed E-state index contributed by atoms with van der Waals surface area (Å²) >= 11 is 0. The Bertz CT molecular complexity index is 905. The van der Waals surface area contributed by atoms with Crippen LogP contribution in [-0.4, -0.2) is 62.0 Å². The Balaban J connectivity index is 2.39. The summed E-state index contributed by atoms with van der Waals surface area (Å²) in [6.45, 7) is 19.2. The second-order valence-corrected chi connectivity index (χ2v) is 9.58. The molecule has 9 nitrogen and oxygen atoms in total. The van der Waals surface area contributed by atoms with E-state index >= 15 is 0 Å². The average Bonchev–Trinajstić information content (AvgIpc) is 2.85. The molecule has 0 aliphatic carbocycles. The summed E-state index contributed by atoms with van der Waals surface area (Å²) in [4.78, 5) is 41.1. The molecule has 3 amide bonds. The van der Waals surface area contributed by atoms with Crippen molar-refractivity contribution >= 4 is 24.2 Å². The fourth-order valence-corrected chi connectivity index (χ4v) is 3.20. The van der Waals surface area contributed by atoms with E-state index in [1.807, 2.05) is 20.8 Å². The maximum Gasteiger partial charge on any atom is 0.417 e. The van der Waals surface area contributed by atoms with Gasteiger partial charge in [-0.05, 0) is 48.0 Å². The third kappa shape index (κ3) is 6.21. The molecule has 0 spiro atoms. The van der Waals surface area contributed by atoms with Gasteiger partial charge >= 0.3 is 12.2 Å². The zero-order chi connectivity index (χ0) is 24.3. The van der Waals surface area contributed by atoms with Crippen LogP contribution in [0.15, 0.2) is 19.2 Å². The zero-order valence-corrected chi connectivity index (χ0v) is 19.9. The molecule has 1 aromatic heterocycles. The second kappa shape index (κ2) is 9.58. The molecule has 0 atom stereocenters. The van der Waals surface area contributed by atoms with Gasteiger partial charge in [0.25, 0.3) is 5.91 Å². The van der Waals surface area contributed by atoms with Crippen molar-refractivity contribution in [2.75, 3.05) is 13.1 Å². The Labute approximate surface area is 189 Å². The minimum atomic E-state index is -0.781. The highest BCUT2D eigenvalue weighted by atomic mass is 16.6. The minimum absolute atomic E-state index is 0.0312. The van der Waals surface area contributed by atoms with Crippen LogP contribution in [-0.2, 0) is 22.6 Å². The highest BCUT2D eigenvalue weighted by molar-refractivity contribution is 6.04. The molecule has 2 heterocycles. The first-order valence-electron chi connectivity index (χ1n) is 10.6. The van der Waals surface area contributed by atoms with Crippen LogP contribution in [0.4, 0.5) is 9.59 Å². The molecule has 0 radical (unpaired) electrons. The molecule has 0 fully saturated rings. The quantitative estimate of drug-likeness (QED) is 0.643. The van der Waals surface area contributed by atoms with Crippen LogP contribution < -0.4 is 0 Å². The van der Waals surface area contributed by atoms with Crippen LogP contribution in [0.25, 0.3) is 6.08 Å². The van der Waals surface area contributed by atoms with Crippen LogP contribution in [0.3, 0.4) is 0 Å². The summed E-state index contributed by atoms with van der Waals surface area (Å²) in [6, 6.07) is 0. The Morgan fingerprint density at radius 1 is 1.06 bits per heavy atom. The summed E-state index contributed by atoms with van der Waals surface area (Å²) < 4.78 is 12.6. The molecule has 9 heteroatoms. The fraction of sp³-hybridized carbons (Fsp3) is 0.565. The average molecular weight is 447 g/mol. The van der Waals surface area contributed by atoms with Gasteiger partial charge in [0.2, 0.25) is 0 Å². The SMILES string of the molecule is C=CCN(C(=O)OC(C)(C)C)C(=O)c1nn2c(c1C=C)CN(C(=O)OC(C)(C)C)CCC2. The lowest BCUT2D eigenvalue weighted by Crippen LogP contribution is -2.41. The fourth-order valence-electron chi connectivity index (χ4n) is 3.20. The smallest absolute Gasteiger partial charge is 0.417 e. The minimum Gasteiger partial charge on any atom is -0.444 e. The van der Waals surface area contributed by atoms with Crippen molar-refractivity contribution in [3.8, 4) is 0 Å². The number of ether oxygens (including phenoxy) is 2. The molecule has 0 bridgehead atoms. The van der Waals surface area contributed by atoms with Gasteiger partial charge in [-0.2, -0.15) is 5.10 Å². The molecule has 0 saturated heterocycles. The Morgan fingerprint density at radius 2 is 1.69 bits per heavy atom. The molecule has 1 aliphatic heterocycles. The third-order valence-corrected chi connectivity index (χ3v) is 4.47. The summed E-state index contributed by atoms with van der Waals surface area (Å²) in [5.41, 5.74) is -0.173. The van der Waals surface area contributed by atoms with Crippen molar-refractivity contribution in [2.45, 2.75) is 72.3 Å². The van der Waals surface area contributed by atoms with E-state index in [1.165, 1.54) is 12.2 Å². The predicted molar refractivity (Wildman–Crippen MR) is 121 cm³/mol. The molecule has 1 aromatic rings. The van der Waals surface area contributed by atoms with Crippen molar-refractivity contribution in [1.29, 1.82) is 0 Å². The number of hydrogen-bond acceptors (Lipinski definition) is 6. The van der Waals surface area contributed by atoms with Crippen LogP contribution in [0.5, 0.6) is 0 Å². The zero-order valence-electron chi connectivity index (χ0n) is 19.9. The highest BCUT2D eigenvalue weighted by Crippen LogP contribution is 2.24. The van der Waals surface area contributed by atoms with Gasteiger partial charge < -0.3 is 14.4 Å². The predicted octanol–water partition coefficient (Wildman–Crippen LogP) is 4.23. The van der Waals surface area contributed by atoms with Gasteiger partial charge in [0.05, 0.1) is 18.8 Å². The van der Waals surface area contributed by atoms with Crippen molar-refractivity contribution in [3.05, 3.63) is 36.2 Å². The molecule has 0 unspecified atom stereocenters. The lowest BCUT2D eigenvalue weighted by atomic mass is 10.1. The molecule has 176 valence electrons. The number of fused-ring (bicyclic) bond motifs is 1. The number of aryl methyl sites for hydroxylation is 1. The van der Waals surface area contributed by atoms with E-state index in [-0.39, 0.29) is 18.8 Å². The third-order valence-electron chi connectivity index (χ3n) is 4.47. The summed E-state index contributed by atoms with van der Waals surface area (Å²) in [6.07, 6.45) is 2.39. The topological polar surface area (TPSA) is 94.0 Å². The number of carbonyl (C=O) groups is 3. The number of imide groups is 1. The van der Waals surface area contributed by atoms with E-state index in [9.17, 15) is 14.4 Å². The largest absolute Gasteiger partial charge is 0.444 e. The first kappa shape index (κ1) is 25.2. The van der Waals surface area contributed by atoms with Crippen molar-refractivity contribution in [1.82, 2.24) is 19.6 Å². The van der Waals surface area contributed by atoms with E-state index in [4.69, 9.17) is 9.47 Å². The number of rotatable bonds is 4. The van der Waals surface area contributed by atoms with Gasteiger partial charge in [0.1, 0.15) is 11.2 Å². The molecule has 2 rings (SSSR count). The molecule has 1 aliphatic rings. The monoisotopic (exact) mass is 446 g/mol. The number of amides is 3. The molecule has 0 aromatic carbocycles. The van der Waals surface area contributed by atoms with Gasteiger partial charge in [-0.25, -0.2) is 14.5 Å². The summed E-state index contributed by atoms with van der Waals surface area (Å²) in [5.74, 6) is -0.613. The van der Waals surface area contributed by atoms with E-state index in [0.29, 0.717) is 30.8 Å². The van der Waals surface area contributed by atoms with Crippen LogP contribution in [0, 0.1) is 0 Å². The normalized spacial score (nSPS) is 14.1.